The zero-order valence-electron chi connectivity index (χ0n) is 19.7. The molecular formula is C28H28BrFN2O4. The summed E-state index contributed by atoms with van der Waals surface area (Å²) in [6.45, 7) is -0.304. The molecule has 1 amide bonds. The normalized spacial score (nSPS) is 18.9. The van der Waals surface area contributed by atoms with Gasteiger partial charge in [-0.3, -0.25) is 4.79 Å². The number of aliphatic hydroxyl groups excluding tert-OH is 1. The molecule has 0 bridgehead atoms. The van der Waals surface area contributed by atoms with E-state index in [-0.39, 0.29) is 19.6 Å². The number of carbonyl (C=O) groups excluding carboxylic acids is 1. The zero-order valence-corrected chi connectivity index (χ0v) is 21.3. The van der Waals surface area contributed by atoms with Crippen LogP contribution in [0.15, 0.2) is 88.3 Å². The second kappa shape index (κ2) is 12.1. The van der Waals surface area contributed by atoms with Crippen LogP contribution in [0, 0.1) is 0 Å². The highest BCUT2D eigenvalue weighted by Crippen LogP contribution is 2.42. The molecule has 0 saturated carbocycles. The van der Waals surface area contributed by atoms with Crippen LogP contribution in [-0.2, 0) is 16.0 Å². The van der Waals surface area contributed by atoms with Crippen molar-refractivity contribution in [3.8, 4) is 5.75 Å². The molecule has 0 spiro atoms. The number of nitrogens with one attached hydrogen (secondary N) is 1. The van der Waals surface area contributed by atoms with Crippen molar-refractivity contribution in [2.24, 2.45) is 4.99 Å². The Labute approximate surface area is 218 Å². The first-order valence-corrected chi connectivity index (χ1v) is 12.6. The smallest absolute Gasteiger partial charge is 0.252 e. The Balaban J connectivity index is 1.74. The maximum absolute atomic E-state index is 13.6. The molecule has 6 nitrogen and oxygen atoms in total. The molecule has 1 aliphatic rings. The van der Waals surface area contributed by atoms with Crippen LogP contribution in [0.2, 0.25) is 0 Å². The summed E-state index contributed by atoms with van der Waals surface area (Å²) in [7, 11) is 0. The first-order chi connectivity index (χ1) is 17.6. The van der Waals surface area contributed by atoms with Gasteiger partial charge in [0, 0.05) is 36.0 Å². The molecule has 1 heterocycles. The zero-order chi connectivity index (χ0) is 25.4. The lowest BCUT2D eigenvalue weighted by molar-refractivity contribution is -0.129. The van der Waals surface area contributed by atoms with Gasteiger partial charge < -0.3 is 19.9 Å². The Kier molecular flexibility index (Phi) is 8.72. The van der Waals surface area contributed by atoms with Crippen LogP contribution in [0.1, 0.15) is 29.2 Å². The standard InChI is InChI=1S/C28H28BrFN2O4/c29-23-11-7-20(8-12-23)19-28(27(34)31-16-15-30)25(21-5-2-1-3-6-21)36-26(32-28)22-9-13-24(14-10-22)35-18-4-17-33/h1-3,5-14,25,33H,4,15-19H2,(H,31,34)/t25-,28-/m1/s1. The summed E-state index contributed by atoms with van der Waals surface area (Å²) in [6, 6.07) is 24.4. The Hall–Kier alpha value is -3.23. The predicted molar refractivity (Wildman–Crippen MR) is 140 cm³/mol. The van der Waals surface area contributed by atoms with Crippen LogP contribution >= 0.6 is 15.9 Å². The second-order valence-corrected chi connectivity index (χ2v) is 9.36. The number of nitrogens with zero attached hydrogens (tertiary/aromatic N) is 1. The fraction of sp³-hybridized carbons (Fsp3) is 0.286. The molecule has 3 aromatic carbocycles. The average Bonchev–Trinajstić information content (AvgIpc) is 3.30. The first kappa shape index (κ1) is 25.9. The summed E-state index contributed by atoms with van der Waals surface area (Å²) >= 11 is 3.45. The van der Waals surface area contributed by atoms with Crippen molar-refractivity contribution < 1.29 is 23.8 Å². The largest absolute Gasteiger partial charge is 0.494 e. The third kappa shape index (κ3) is 5.94. The Morgan fingerprint density at radius 1 is 1.08 bits per heavy atom. The van der Waals surface area contributed by atoms with Gasteiger partial charge in [-0.1, -0.05) is 58.4 Å². The maximum atomic E-state index is 13.6. The van der Waals surface area contributed by atoms with Crippen molar-refractivity contribution in [2.45, 2.75) is 24.5 Å². The molecule has 0 saturated heterocycles. The topological polar surface area (TPSA) is 80.2 Å². The number of ether oxygens (including phenoxy) is 2. The molecule has 0 aliphatic carbocycles. The van der Waals surface area contributed by atoms with Crippen molar-refractivity contribution in [2.75, 3.05) is 26.4 Å². The van der Waals surface area contributed by atoms with Crippen LogP contribution in [0.25, 0.3) is 0 Å². The molecule has 36 heavy (non-hydrogen) atoms. The summed E-state index contributed by atoms with van der Waals surface area (Å²) in [5.74, 6) is 0.598. The maximum Gasteiger partial charge on any atom is 0.252 e. The molecule has 4 rings (SSSR count). The van der Waals surface area contributed by atoms with Crippen molar-refractivity contribution in [1.82, 2.24) is 5.32 Å². The highest BCUT2D eigenvalue weighted by molar-refractivity contribution is 9.10. The number of halogens is 2. The Bertz CT molecular complexity index is 1170. The lowest BCUT2D eigenvalue weighted by Gasteiger charge is -2.30. The molecule has 1 aliphatic heterocycles. The Morgan fingerprint density at radius 2 is 1.81 bits per heavy atom. The van der Waals surface area contributed by atoms with E-state index in [2.05, 4.69) is 21.2 Å². The van der Waals surface area contributed by atoms with E-state index in [0.29, 0.717) is 30.2 Å². The van der Waals surface area contributed by atoms with Crippen LogP contribution in [0.4, 0.5) is 4.39 Å². The molecule has 0 radical (unpaired) electrons. The fourth-order valence-electron chi connectivity index (χ4n) is 4.14. The molecular weight excluding hydrogens is 527 g/mol. The van der Waals surface area contributed by atoms with E-state index in [1.165, 1.54) is 0 Å². The van der Waals surface area contributed by atoms with E-state index >= 15 is 0 Å². The SMILES string of the molecule is O=C(NCCF)[C@]1(Cc2ccc(Br)cc2)N=C(c2ccc(OCCCO)cc2)O[C@@H]1c1ccccc1. The summed E-state index contributed by atoms with van der Waals surface area (Å²) < 4.78 is 26.0. The van der Waals surface area contributed by atoms with E-state index in [1.807, 2.05) is 66.7 Å². The average molecular weight is 555 g/mol. The van der Waals surface area contributed by atoms with Gasteiger partial charge in [0.2, 0.25) is 5.90 Å². The summed E-state index contributed by atoms with van der Waals surface area (Å²) in [5, 5.41) is 11.7. The molecule has 0 fully saturated rings. The number of hydrogen-bond acceptors (Lipinski definition) is 5. The number of benzene rings is 3. The van der Waals surface area contributed by atoms with E-state index in [1.54, 1.807) is 12.1 Å². The van der Waals surface area contributed by atoms with Gasteiger partial charge in [-0.05, 0) is 47.5 Å². The molecule has 2 N–H and O–H groups in total. The van der Waals surface area contributed by atoms with Crippen LogP contribution in [0.3, 0.4) is 0 Å². The minimum atomic E-state index is -1.34. The van der Waals surface area contributed by atoms with Crippen LogP contribution in [0.5, 0.6) is 5.75 Å². The first-order valence-electron chi connectivity index (χ1n) is 11.8. The lowest BCUT2D eigenvalue weighted by Crippen LogP contribution is -2.50. The van der Waals surface area contributed by atoms with Gasteiger partial charge in [0.1, 0.15) is 12.4 Å². The number of hydrogen-bond donors (Lipinski definition) is 2. The number of carbonyl (C=O) groups is 1. The van der Waals surface area contributed by atoms with E-state index in [9.17, 15) is 9.18 Å². The highest BCUT2D eigenvalue weighted by atomic mass is 79.9. The second-order valence-electron chi connectivity index (χ2n) is 8.45. The molecule has 0 aromatic heterocycles. The van der Waals surface area contributed by atoms with E-state index in [0.717, 1.165) is 15.6 Å². The summed E-state index contributed by atoms with van der Waals surface area (Å²) in [5.41, 5.74) is 1.06. The molecule has 3 aromatic rings. The molecule has 188 valence electrons. The lowest BCUT2D eigenvalue weighted by atomic mass is 9.82. The summed E-state index contributed by atoms with van der Waals surface area (Å²) in [6.07, 6.45) is 0.102. The number of aliphatic imine (C=N–C) groups is 1. The van der Waals surface area contributed by atoms with Gasteiger partial charge in [-0.15, -0.1) is 0 Å². The predicted octanol–water partition coefficient (Wildman–Crippen LogP) is 4.80. The minimum Gasteiger partial charge on any atom is -0.494 e. The minimum absolute atomic E-state index is 0.0640. The third-order valence-electron chi connectivity index (χ3n) is 5.90. The van der Waals surface area contributed by atoms with Gasteiger partial charge in [0.15, 0.2) is 11.6 Å². The monoisotopic (exact) mass is 554 g/mol. The van der Waals surface area contributed by atoms with Gasteiger partial charge in [-0.25, -0.2) is 9.38 Å². The van der Waals surface area contributed by atoms with Crippen LogP contribution < -0.4 is 10.1 Å². The number of rotatable bonds is 11. The molecule has 8 heteroatoms. The van der Waals surface area contributed by atoms with Gasteiger partial charge >= 0.3 is 0 Å². The fourth-order valence-corrected chi connectivity index (χ4v) is 4.40. The molecule has 0 unspecified atom stereocenters. The van der Waals surface area contributed by atoms with Gasteiger partial charge in [0.25, 0.3) is 5.91 Å². The van der Waals surface area contributed by atoms with Crippen molar-refractivity contribution in [3.63, 3.8) is 0 Å². The van der Waals surface area contributed by atoms with E-state index in [4.69, 9.17) is 19.6 Å². The number of alkyl halides is 1. The van der Waals surface area contributed by atoms with Crippen molar-refractivity contribution >= 4 is 27.7 Å². The quantitative estimate of drug-likeness (QED) is 0.334. The number of aliphatic hydroxyl groups is 1. The van der Waals surface area contributed by atoms with Crippen molar-refractivity contribution in [3.05, 3.63) is 100 Å². The third-order valence-corrected chi connectivity index (χ3v) is 6.43. The molecule has 2 atom stereocenters. The van der Waals surface area contributed by atoms with E-state index < -0.39 is 24.2 Å². The van der Waals surface area contributed by atoms with Gasteiger partial charge in [-0.2, -0.15) is 0 Å². The Morgan fingerprint density at radius 3 is 2.47 bits per heavy atom. The van der Waals surface area contributed by atoms with Crippen LogP contribution in [-0.4, -0.2) is 48.9 Å². The highest BCUT2D eigenvalue weighted by Gasteiger charge is 2.53. The number of amides is 1. The van der Waals surface area contributed by atoms with Gasteiger partial charge in [0.05, 0.1) is 6.61 Å². The summed E-state index contributed by atoms with van der Waals surface area (Å²) in [4.78, 5) is 18.5. The van der Waals surface area contributed by atoms with Crippen molar-refractivity contribution in [1.29, 1.82) is 0 Å².